The summed E-state index contributed by atoms with van der Waals surface area (Å²) in [6.07, 6.45) is 1.15. The molecule has 0 bridgehead atoms. The van der Waals surface area contributed by atoms with Crippen LogP contribution < -0.4 is 0 Å². The maximum atomic E-state index is 10.6. The lowest BCUT2D eigenvalue weighted by Crippen LogP contribution is -2.37. The zero-order valence-corrected chi connectivity index (χ0v) is 7.49. The Morgan fingerprint density at radius 3 is 2.83 bits per heavy atom. The van der Waals surface area contributed by atoms with Crippen LogP contribution in [0.3, 0.4) is 0 Å². The maximum absolute atomic E-state index is 10.6. The fourth-order valence-electron chi connectivity index (χ4n) is 1.45. The molecule has 1 rings (SSSR count). The quantitative estimate of drug-likeness (QED) is 0.661. The van der Waals surface area contributed by atoms with Crippen molar-refractivity contribution in [2.75, 3.05) is 20.2 Å². The highest BCUT2D eigenvalue weighted by molar-refractivity contribution is 5.72. The van der Waals surface area contributed by atoms with E-state index >= 15 is 0 Å². The molecule has 1 fully saturated rings. The number of nitrogens with zero attached hydrogens (tertiary/aromatic N) is 1. The molecule has 1 aliphatic heterocycles. The molecule has 0 aromatic carbocycles. The highest BCUT2D eigenvalue weighted by Crippen LogP contribution is 2.14. The molecule has 70 valence electrons. The second-order valence-electron chi connectivity index (χ2n) is 3.16. The molecule has 0 aliphatic carbocycles. The minimum Gasteiger partial charge on any atom is -0.480 e. The number of aliphatic carboxylic acids is 1. The molecule has 2 unspecified atom stereocenters. The van der Waals surface area contributed by atoms with Crippen LogP contribution in [-0.4, -0.2) is 48.3 Å². The van der Waals surface area contributed by atoms with Gasteiger partial charge in [-0.15, -0.1) is 0 Å². The molecular formula is C8H15NO3. The summed E-state index contributed by atoms with van der Waals surface area (Å²) in [5, 5.41) is 8.72. The van der Waals surface area contributed by atoms with Gasteiger partial charge >= 0.3 is 5.97 Å². The van der Waals surface area contributed by atoms with E-state index in [4.69, 9.17) is 9.84 Å². The first-order valence-electron chi connectivity index (χ1n) is 4.14. The lowest BCUT2D eigenvalue weighted by Gasteiger charge is -2.19. The molecule has 1 N–H and O–H groups in total. The summed E-state index contributed by atoms with van der Waals surface area (Å²) in [5.74, 6) is -0.758. The number of hydrogen-bond acceptors (Lipinski definition) is 3. The number of likely N-dealkylation sites (tertiary alicyclic amines) is 1. The molecule has 0 aromatic heterocycles. The average Bonchev–Trinajstić information content (AvgIpc) is 2.50. The molecule has 4 nitrogen and oxygen atoms in total. The molecule has 1 saturated heterocycles. The van der Waals surface area contributed by atoms with Crippen molar-refractivity contribution in [2.24, 2.45) is 0 Å². The maximum Gasteiger partial charge on any atom is 0.320 e. The van der Waals surface area contributed by atoms with Crippen molar-refractivity contribution in [3.63, 3.8) is 0 Å². The first-order chi connectivity index (χ1) is 5.65. The number of hydrogen-bond donors (Lipinski definition) is 1. The largest absolute Gasteiger partial charge is 0.480 e. The van der Waals surface area contributed by atoms with Gasteiger partial charge in [-0.25, -0.2) is 0 Å². The van der Waals surface area contributed by atoms with E-state index in [0.29, 0.717) is 0 Å². The van der Waals surface area contributed by atoms with Crippen molar-refractivity contribution in [1.82, 2.24) is 4.90 Å². The van der Waals surface area contributed by atoms with Crippen LogP contribution in [0.25, 0.3) is 0 Å². The summed E-state index contributed by atoms with van der Waals surface area (Å²) >= 11 is 0. The summed E-state index contributed by atoms with van der Waals surface area (Å²) in [4.78, 5) is 12.5. The Balaban J connectivity index is 2.41. The number of carbonyl (C=O) groups is 1. The Labute approximate surface area is 72.1 Å². The Morgan fingerprint density at radius 2 is 2.42 bits per heavy atom. The Hall–Kier alpha value is -0.610. The van der Waals surface area contributed by atoms with Crippen LogP contribution in [0.5, 0.6) is 0 Å². The third kappa shape index (κ3) is 1.95. The predicted molar refractivity (Wildman–Crippen MR) is 44.1 cm³/mol. The number of rotatable bonds is 3. The van der Waals surface area contributed by atoms with Crippen LogP contribution in [0.15, 0.2) is 0 Å². The van der Waals surface area contributed by atoms with Gasteiger partial charge in [-0.1, -0.05) is 0 Å². The van der Waals surface area contributed by atoms with E-state index in [-0.39, 0.29) is 12.1 Å². The van der Waals surface area contributed by atoms with Gasteiger partial charge in [0, 0.05) is 20.2 Å². The molecule has 0 aromatic rings. The van der Waals surface area contributed by atoms with Crippen molar-refractivity contribution < 1.29 is 14.6 Å². The molecule has 2 atom stereocenters. The van der Waals surface area contributed by atoms with Crippen molar-refractivity contribution >= 4 is 5.97 Å². The van der Waals surface area contributed by atoms with E-state index in [1.54, 1.807) is 14.0 Å². The number of methoxy groups -OCH3 is 1. The van der Waals surface area contributed by atoms with Gasteiger partial charge < -0.3 is 9.84 Å². The Bertz CT molecular complexity index is 172. The van der Waals surface area contributed by atoms with Crippen LogP contribution in [0, 0.1) is 0 Å². The number of ether oxygens (including phenoxy) is 1. The fourth-order valence-corrected chi connectivity index (χ4v) is 1.45. The number of carboxylic acids is 1. The normalized spacial score (nSPS) is 27.3. The molecule has 4 heteroatoms. The molecule has 0 radical (unpaired) electrons. The molecule has 12 heavy (non-hydrogen) atoms. The molecule has 0 amide bonds. The van der Waals surface area contributed by atoms with Gasteiger partial charge in [0.05, 0.1) is 6.10 Å². The smallest absolute Gasteiger partial charge is 0.320 e. The summed E-state index contributed by atoms with van der Waals surface area (Å²) < 4.78 is 5.14. The van der Waals surface area contributed by atoms with E-state index in [1.165, 1.54) is 0 Å². The van der Waals surface area contributed by atoms with Crippen LogP contribution in [0.2, 0.25) is 0 Å². The second kappa shape index (κ2) is 3.87. The third-order valence-electron chi connectivity index (χ3n) is 2.41. The minimum atomic E-state index is -0.758. The van der Waals surface area contributed by atoms with Crippen molar-refractivity contribution in [3.05, 3.63) is 0 Å². The van der Waals surface area contributed by atoms with Gasteiger partial charge in [0.2, 0.25) is 0 Å². The SMILES string of the molecule is COC1CCN(C(C)C(=O)O)C1. The summed E-state index contributed by atoms with van der Waals surface area (Å²) in [5.41, 5.74) is 0. The zero-order chi connectivity index (χ0) is 9.14. The van der Waals surface area contributed by atoms with Crippen LogP contribution in [0.4, 0.5) is 0 Å². The predicted octanol–water partition coefficient (Wildman–Crippen LogP) is 0.180. The molecule has 0 spiro atoms. The van der Waals surface area contributed by atoms with Crippen LogP contribution in [-0.2, 0) is 9.53 Å². The highest BCUT2D eigenvalue weighted by atomic mass is 16.5. The zero-order valence-electron chi connectivity index (χ0n) is 7.49. The topological polar surface area (TPSA) is 49.8 Å². The average molecular weight is 173 g/mol. The second-order valence-corrected chi connectivity index (χ2v) is 3.16. The van der Waals surface area contributed by atoms with Crippen LogP contribution >= 0.6 is 0 Å². The molecular weight excluding hydrogens is 158 g/mol. The van der Waals surface area contributed by atoms with E-state index < -0.39 is 5.97 Å². The minimum absolute atomic E-state index is 0.215. The van der Waals surface area contributed by atoms with Gasteiger partial charge in [0.1, 0.15) is 6.04 Å². The van der Waals surface area contributed by atoms with E-state index in [2.05, 4.69) is 0 Å². The monoisotopic (exact) mass is 173 g/mol. The van der Waals surface area contributed by atoms with Gasteiger partial charge in [-0.3, -0.25) is 9.69 Å². The lowest BCUT2D eigenvalue weighted by molar-refractivity contribution is -0.142. The standard InChI is InChI=1S/C8H15NO3/c1-6(8(10)11)9-4-3-7(5-9)12-2/h6-7H,3-5H2,1-2H3,(H,10,11). The number of carboxylic acid groups (broad SMARTS) is 1. The summed E-state index contributed by atoms with van der Waals surface area (Å²) in [7, 11) is 1.67. The molecule has 0 saturated carbocycles. The lowest BCUT2D eigenvalue weighted by atomic mass is 10.3. The first-order valence-corrected chi connectivity index (χ1v) is 4.14. The molecule has 1 heterocycles. The van der Waals surface area contributed by atoms with Crippen molar-refractivity contribution in [3.8, 4) is 0 Å². The molecule has 1 aliphatic rings. The van der Waals surface area contributed by atoms with Gasteiger partial charge in [-0.05, 0) is 13.3 Å². The van der Waals surface area contributed by atoms with Crippen molar-refractivity contribution in [2.45, 2.75) is 25.5 Å². The third-order valence-corrected chi connectivity index (χ3v) is 2.41. The van der Waals surface area contributed by atoms with Crippen molar-refractivity contribution in [1.29, 1.82) is 0 Å². The fraction of sp³-hybridized carbons (Fsp3) is 0.875. The van der Waals surface area contributed by atoms with Gasteiger partial charge in [0.15, 0.2) is 0 Å². The Kier molecular flexibility index (Phi) is 3.05. The Morgan fingerprint density at radius 1 is 1.75 bits per heavy atom. The summed E-state index contributed by atoms with van der Waals surface area (Å²) in [6.45, 7) is 3.27. The highest BCUT2D eigenvalue weighted by Gasteiger charge is 2.28. The van der Waals surface area contributed by atoms with Gasteiger partial charge in [-0.2, -0.15) is 0 Å². The van der Waals surface area contributed by atoms with Gasteiger partial charge in [0.25, 0.3) is 0 Å². The van der Waals surface area contributed by atoms with Crippen LogP contribution in [0.1, 0.15) is 13.3 Å². The van der Waals surface area contributed by atoms with E-state index in [1.807, 2.05) is 4.90 Å². The van der Waals surface area contributed by atoms with E-state index in [9.17, 15) is 4.79 Å². The van der Waals surface area contributed by atoms with E-state index in [0.717, 1.165) is 19.5 Å². The first kappa shape index (κ1) is 9.48. The summed E-state index contributed by atoms with van der Waals surface area (Å²) in [6, 6.07) is -0.384.